The molecule has 11 atom stereocenters. The molecule has 4 aromatic carbocycles. The summed E-state index contributed by atoms with van der Waals surface area (Å²) in [6.45, 7) is 6.13. The average Bonchev–Trinajstić information content (AvgIpc) is 3.34. The van der Waals surface area contributed by atoms with Gasteiger partial charge >= 0.3 is 23.9 Å². The standard InChI is InChI=1S/C53H55NO15/c1-30-36(66-49(62)42(58)41(32-18-10-6-11-19-32)54-47(60)33-20-12-7-13-21-33)27-53(63)46(68-48(61)34-22-14-8-15-23-34)44-51(5,37(56)26-38-52(44,29-65-38)69-31(2)55)45(59)43(40(30)50(53,3)4)67-39(57)28-64-35-24-16-9-17-25-35/h6-25,36-38,41-44,46,56,58,63H,26-29H2,1-5H3,(H,54,60)/t36-,37-,38+,41-,42+,43+,44-,46-,51+,52-,53+/m0/s1. The van der Waals surface area contributed by atoms with Crippen molar-refractivity contribution in [1.29, 1.82) is 0 Å². The topological polar surface area (TPSA) is 231 Å². The SMILES string of the molecule is CC(=O)O[C@@]12CO[C@@H]1C[C@H](O)[C@@]1(C)C(=O)[C@H](OC(=O)COc3ccccc3)C3=C(C)[C@@H](OC(=O)[C@H](O)[C@@H](NC(=O)c4ccccc4)c4ccccc4)C[C@@](O)([C@@H](OC(=O)c4ccccc4)[C@H]21)C3(C)C. The summed E-state index contributed by atoms with van der Waals surface area (Å²) >= 11 is 0. The van der Waals surface area contributed by atoms with Crippen molar-refractivity contribution < 1.29 is 72.5 Å². The van der Waals surface area contributed by atoms with Crippen molar-refractivity contribution in [3.8, 4) is 5.75 Å². The summed E-state index contributed by atoms with van der Waals surface area (Å²) in [4.78, 5) is 85.6. The number of benzene rings is 4. The van der Waals surface area contributed by atoms with Gasteiger partial charge in [0, 0.05) is 30.7 Å². The smallest absolute Gasteiger partial charge is 0.345 e. The van der Waals surface area contributed by atoms with Gasteiger partial charge in [-0.15, -0.1) is 0 Å². The number of aliphatic hydroxyl groups is 3. The van der Waals surface area contributed by atoms with Crippen LogP contribution in [0.5, 0.6) is 5.75 Å². The number of amides is 1. The summed E-state index contributed by atoms with van der Waals surface area (Å²) in [6, 6.07) is 31.2. The molecule has 0 aromatic heterocycles. The Balaban J connectivity index is 1.28. The Morgan fingerprint density at radius 2 is 1.39 bits per heavy atom. The van der Waals surface area contributed by atoms with Crippen LogP contribution in [0.15, 0.2) is 132 Å². The second kappa shape index (κ2) is 19.0. The van der Waals surface area contributed by atoms with Gasteiger partial charge < -0.3 is 49.1 Å². The monoisotopic (exact) mass is 945 g/mol. The lowest BCUT2D eigenvalue weighted by Gasteiger charge is -2.67. The molecule has 2 saturated carbocycles. The summed E-state index contributed by atoms with van der Waals surface area (Å²) in [7, 11) is 0. The zero-order chi connectivity index (χ0) is 49.5. The van der Waals surface area contributed by atoms with E-state index in [9.17, 15) is 39.3 Å². The predicted molar refractivity (Wildman–Crippen MR) is 244 cm³/mol. The van der Waals surface area contributed by atoms with Crippen LogP contribution in [0.4, 0.5) is 0 Å². The van der Waals surface area contributed by atoms with Crippen LogP contribution < -0.4 is 10.1 Å². The predicted octanol–water partition coefficient (Wildman–Crippen LogP) is 4.79. The molecule has 0 unspecified atom stereocenters. The molecule has 1 amide bonds. The Morgan fingerprint density at radius 3 is 1.97 bits per heavy atom. The minimum absolute atomic E-state index is 0.0527. The normalized spacial score (nSPS) is 29.7. The molecule has 362 valence electrons. The van der Waals surface area contributed by atoms with Gasteiger partial charge in [0.25, 0.3) is 5.91 Å². The fraction of sp³-hybridized carbons (Fsp3) is 0.396. The first-order valence-corrected chi connectivity index (χ1v) is 22.7. The molecule has 4 aromatic rings. The van der Waals surface area contributed by atoms with Gasteiger partial charge in [-0.3, -0.25) is 14.4 Å². The van der Waals surface area contributed by atoms with Gasteiger partial charge in [0.05, 0.1) is 35.6 Å². The third kappa shape index (κ3) is 8.71. The van der Waals surface area contributed by atoms with Gasteiger partial charge in [-0.05, 0) is 67.0 Å². The molecule has 3 fully saturated rings. The number of nitrogens with one attached hydrogen (secondary N) is 1. The number of para-hydroxylation sites is 1. The lowest BCUT2D eigenvalue weighted by Crippen LogP contribution is -2.82. The maximum atomic E-state index is 15.9. The summed E-state index contributed by atoms with van der Waals surface area (Å²) in [5.74, 6) is -6.84. The molecule has 69 heavy (non-hydrogen) atoms. The first-order valence-electron chi connectivity index (χ1n) is 22.7. The van der Waals surface area contributed by atoms with Crippen LogP contribution in [0, 0.1) is 16.7 Å². The minimum atomic E-state index is -2.45. The van der Waals surface area contributed by atoms with Crippen LogP contribution in [0.25, 0.3) is 0 Å². The van der Waals surface area contributed by atoms with Crippen molar-refractivity contribution in [1.82, 2.24) is 5.32 Å². The Morgan fingerprint density at radius 1 is 0.812 bits per heavy atom. The second-order valence-electron chi connectivity index (χ2n) is 18.8. The van der Waals surface area contributed by atoms with E-state index < -0.39 is 119 Å². The minimum Gasteiger partial charge on any atom is -0.482 e. The molecule has 1 heterocycles. The van der Waals surface area contributed by atoms with Crippen molar-refractivity contribution in [2.75, 3.05) is 13.2 Å². The van der Waals surface area contributed by atoms with Gasteiger partial charge in [0.2, 0.25) is 0 Å². The highest BCUT2D eigenvalue weighted by atomic mass is 16.6. The van der Waals surface area contributed by atoms with Gasteiger partial charge in [-0.1, -0.05) is 98.8 Å². The number of ether oxygens (including phenoxy) is 6. The summed E-state index contributed by atoms with van der Waals surface area (Å²) in [6.07, 6.45) is -10.9. The lowest BCUT2D eigenvalue weighted by atomic mass is 9.44. The number of hydrogen-bond acceptors (Lipinski definition) is 15. The highest BCUT2D eigenvalue weighted by Gasteiger charge is 2.78. The maximum Gasteiger partial charge on any atom is 0.345 e. The number of carbonyl (C=O) groups excluding carboxylic acids is 6. The molecule has 1 aliphatic heterocycles. The first kappa shape index (κ1) is 48.7. The molecule has 16 heteroatoms. The third-order valence-corrected chi connectivity index (χ3v) is 14.5. The molecule has 0 radical (unpaired) electrons. The fourth-order valence-corrected chi connectivity index (χ4v) is 10.8. The van der Waals surface area contributed by atoms with E-state index in [-0.39, 0.29) is 35.3 Å². The molecule has 8 rings (SSSR count). The number of hydrogen-bond donors (Lipinski definition) is 4. The number of aliphatic hydroxyl groups excluding tert-OH is 2. The largest absolute Gasteiger partial charge is 0.482 e. The van der Waals surface area contributed by atoms with E-state index in [1.54, 1.807) is 123 Å². The van der Waals surface area contributed by atoms with Crippen molar-refractivity contribution in [3.63, 3.8) is 0 Å². The van der Waals surface area contributed by atoms with Crippen LogP contribution in [-0.2, 0) is 42.9 Å². The van der Waals surface area contributed by atoms with Crippen molar-refractivity contribution in [2.24, 2.45) is 16.7 Å². The zero-order valence-corrected chi connectivity index (χ0v) is 38.7. The van der Waals surface area contributed by atoms with Crippen LogP contribution >= 0.6 is 0 Å². The van der Waals surface area contributed by atoms with Crippen LogP contribution in [0.3, 0.4) is 0 Å². The maximum absolute atomic E-state index is 15.9. The van der Waals surface area contributed by atoms with Crippen molar-refractivity contribution >= 4 is 35.6 Å². The summed E-state index contributed by atoms with van der Waals surface area (Å²) < 4.78 is 36.6. The van der Waals surface area contributed by atoms with E-state index in [4.69, 9.17) is 28.4 Å². The molecule has 4 aliphatic rings. The average molecular weight is 946 g/mol. The van der Waals surface area contributed by atoms with Gasteiger partial charge in [0.1, 0.15) is 29.7 Å². The Labute approximate surface area is 398 Å². The number of ketones is 1. The number of rotatable bonds is 13. The third-order valence-electron chi connectivity index (χ3n) is 14.5. The van der Waals surface area contributed by atoms with Crippen molar-refractivity contribution in [2.45, 2.75) is 101 Å². The number of carbonyl (C=O) groups is 6. The van der Waals surface area contributed by atoms with E-state index in [0.29, 0.717) is 11.3 Å². The van der Waals surface area contributed by atoms with Gasteiger partial charge in [-0.25, -0.2) is 14.4 Å². The first-order chi connectivity index (χ1) is 32.8. The number of esters is 4. The van der Waals surface area contributed by atoms with E-state index in [1.165, 1.54) is 26.0 Å². The Kier molecular flexibility index (Phi) is 13.4. The van der Waals surface area contributed by atoms with Crippen LogP contribution in [-0.4, -0.2) is 112 Å². The number of fused-ring (bicyclic) bond motifs is 5. The van der Waals surface area contributed by atoms with E-state index >= 15 is 4.79 Å². The molecular weight excluding hydrogens is 891 g/mol. The Hall–Kier alpha value is -6.72. The molecule has 1 saturated heterocycles. The Bertz CT molecular complexity index is 2620. The molecular formula is C53H55NO15. The highest BCUT2D eigenvalue weighted by molar-refractivity contribution is 5.96. The van der Waals surface area contributed by atoms with Crippen molar-refractivity contribution in [3.05, 3.63) is 149 Å². The zero-order valence-electron chi connectivity index (χ0n) is 38.7. The highest BCUT2D eigenvalue weighted by Crippen LogP contribution is 2.64. The molecule has 3 aliphatic carbocycles. The summed E-state index contributed by atoms with van der Waals surface area (Å²) in [5, 5.41) is 40.8. The molecule has 16 nitrogen and oxygen atoms in total. The fourth-order valence-electron chi connectivity index (χ4n) is 10.8. The van der Waals surface area contributed by atoms with Gasteiger partial charge in [0.15, 0.2) is 30.2 Å². The molecule has 4 N–H and O–H groups in total. The number of Topliss-reactive ketones (excluding diaryl/α,β-unsaturated/α-hetero) is 1. The van der Waals surface area contributed by atoms with Crippen LogP contribution in [0.1, 0.15) is 79.8 Å². The van der Waals surface area contributed by atoms with Gasteiger partial charge in [-0.2, -0.15) is 0 Å². The summed E-state index contributed by atoms with van der Waals surface area (Å²) in [5.41, 5.74) is -7.43. The van der Waals surface area contributed by atoms with E-state index in [2.05, 4.69) is 5.32 Å². The molecule has 2 bridgehead atoms. The van der Waals surface area contributed by atoms with E-state index in [0.717, 1.165) is 6.92 Å². The lowest BCUT2D eigenvalue weighted by molar-refractivity contribution is -0.346. The molecule has 0 spiro atoms. The quantitative estimate of drug-likeness (QED) is 0.0802. The van der Waals surface area contributed by atoms with Crippen LogP contribution in [0.2, 0.25) is 0 Å². The second-order valence-corrected chi connectivity index (χ2v) is 18.8. The van der Waals surface area contributed by atoms with E-state index in [1.807, 2.05) is 0 Å².